The molecule has 6 heteroatoms. The quantitative estimate of drug-likeness (QED) is 0.456. The molecule has 0 bridgehead atoms. The number of amides is 2. The van der Waals surface area contributed by atoms with Crippen LogP contribution < -0.4 is 10.1 Å². The number of carbonyl (C=O) groups is 2. The van der Waals surface area contributed by atoms with Crippen LogP contribution in [0.5, 0.6) is 5.75 Å². The lowest BCUT2D eigenvalue weighted by Gasteiger charge is -2.31. The lowest BCUT2D eigenvalue weighted by Crippen LogP contribution is -2.50. The van der Waals surface area contributed by atoms with Crippen molar-refractivity contribution in [3.8, 4) is 5.75 Å². The van der Waals surface area contributed by atoms with Gasteiger partial charge in [-0.05, 0) is 56.0 Å². The van der Waals surface area contributed by atoms with Crippen molar-refractivity contribution < 1.29 is 14.3 Å². The average molecular weight is 445 g/mol. The van der Waals surface area contributed by atoms with E-state index in [4.69, 9.17) is 16.3 Å². The molecule has 168 valence electrons. The van der Waals surface area contributed by atoms with Crippen LogP contribution in [0.2, 0.25) is 5.02 Å². The molecule has 0 spiro atoms. The second-order valence-corrected chi connectivity index (χ2v) is 8.09. The molecule has 0 heterocycles. The summed E-state index contributed by atoms with van der Waals surface area (Å²) < 4.78 is 5.70. The van der Waals surface area contributed by atoms with Crippen LogP contribution in [-0.2, 0) is 16.1 Å². The predicted octanol–water partition coefficient (Wildman–Crippen LogP) is 5.22. The number of rotatable bonds is 12. The van der Waals surface area contributed by atoms with E-state index >= 15 is 0 Å². The third kappa shape index (κ3) is 8.25. The summed E-state index contributed by atoms with van der Waals surface area (Å²) in [6, 6.07) is 16.5. The molecule has 0 aliphatic carbocycles. The SMILES string of the molecule is CC[C@@H](C)NC(=O)[C@@H](CC)N(Cc1ccccc1)C(=O)CCCOc1ccc(Cl)cc1. The van der Waals surface area contributed by atoms with Gasteiger partial charge in [0.1, 0.15) is 11.8 Å². The minimum atomic E-state index is -0.501. The van der Waals surface area contributed by atoms with Crippen LogP contribution in [-0.4, -0.2) is 35.4 Å². The molecule has 0 radical (unpaired) electrons. The third-order valence-corrected chi connectivity index (χ3v) is 5.45. The Bertz CT molecular complexity index is 811. The number of nitrogens with zero attached hydrogens (tertiary/aromatic N) is 1. The first-order chi connectivity index (χ1) is 14.9. The zero-order valence-electron chi connectivity index (χ0n) is 18.6. The van der Waals surface area contributed by atoms with Crippen molar-refractivity contribution in [3.63, 3.8) is 0 Å². The first-order valence-electron chi connectivity index (χ1n) is 11.0. The maximum Gasteiger partial charge on any atom is 0.243 e. The topological polar surface area (TPSA) is 58.6 Å². The van der Waals surface area contributed by atoms with Crippen molar-refractivity contribution in [2.45, 2.75) is 65.1 Å². The summed E-state index contributed by atoms with van der Waals surface area (Å²) in [5, 5.41) is 3.68. The maximum atomic E-state index is 13.1. The van der Waals surface area contributed by atoms with E-state index < -0.39 is 6.04 Å². The van der Waals surface area contributed by atoms with Crippen molar-refractivity contribution in [3.05, 3.63) is 65.2 Å². The van der Waals surface area contributed by atoms with Crippen molar-refractivity contribution in [1.82, 2.24) is 10.2 Å². The average Bonchev–Trinajstić information content (AvgIpc) is 2.78. The Labute approximate surface area is 190 Å². The summed E-state index contributed by atoms with van der Waals surface area (Å²) in [6.45, 7) is 6.77. The number of hydrogen-bond donors (Lipinski definition) is 1. The highest BCUT2D eigenvalue weighted by Gasteiger charge is 2.28. The summed E-state index contributed by atoms with van der Waals surface area (Å²) >= 11 is 5.89. The molecule has 2 rings (SSSR count). The highest BCUT2D eigenvalue weighted by molar-refractivity contribution is 6.30. The van der Waals surface area contributed by atoms with Gasteiger partial charge < -0.3 is 15.0 Å². The Balaban J connectivity index is 2.02. The molecule has 31 heavy (non-hydrogen) atoms. The summed E-state index contributed by atoms with van der Waals surface area (Å²) in [6.07, 6.45) is 2.28. The predicted molar refractivity (Wildman–Crippen MR) is 125 cm³/mol. The zero-order valence-corrected chi connectivity index (χ0v) is 19.4. The van der Waals surface area contributed by atoms with E-state index in [1.807, 2.05) is 51.1 Å². The Hall–Kier alpha value is -2.53. The summed E-state index contributed by atoms with van der Waals surface area (Å²) in [5.41, 5.74) is 1.00. The van der Waals surface area contributed by atoms with E-state index in [9.17, 15) is 9.59 Å². The smallest absolute Gasteiger partial charge is 0.243 e. The normalized spacial score (nSPS) is 12.6. The second kappa shape index (κ2) is 13.0. The first kappa shape index (κ1) is 24.7. The first-order valence-corrected chi connectivity index (χ1v) is 11.3. The number of carbonyl (C=O) groups excluding carboxylic acids is 2. The van der Waals surface area contributed by atoms with Gasteiger partial charge in [-0.25, -0.2) is 0 Å². The van der Waals surface area contributed by atoms with Crippen molar-refractivity contribution in [1.29, 1.82) is 0 Å². The summed E-state index contributed by atoms with van der Waals surface area (Å²) in [5.74, 6) is 0.575. The van der Waals surface area contributed by atoms with Crippen LogP contribution in [0.3, 0.4) is 0 Å². The van der Waals surface area contributed by atoms with Crippen molar-refractivity contribution in [2.75, 3.05) is 6.61 Å². The molecule has 0 saturated carbocycles. The second-order valence-electron chi connectivity index (χ2n) is 7.66. The minimum absolute atomic E-state index is 0.0466. The lowest BCUT2D eigenvalue weighted by molar-refractivity contribution is -0.141. The highest BCUT2D eigenvalue weighted by Crippen LogP contribution is 2.17. The zero-order chi connectivity index (χ0) is 22.6. The van der Waals surface area contributed by atoms with Gasteiger partial charge >= 0.3 is 0 Å². The fourth-order valence-electron chi connectivity index (χ4n) is 3.23. The molecule has 2 atom stereocenters. The Kier molecular flexibility index (Phi) is 10.4. The number of hydrogen-bond acceptors (Lipinski definition) is 3. The van der Waals surface area contributed by atoms with Gasteiger partial charge in [0.15, 0.2) is 0 Å². The van der Waals surface area contributed by atoms with Crippen molar-refractivity contribution in [2.24, 2.45) is 0 Å². The highest BCUT2D eigenvalue weighted by atomic mass is 35.5. The Morgan fingerprint density at radius 1 is 1.03 bits per heavy atom. The van der Waals surface area contributed by atoms with Gasteiger partial charge in [-0.3, -0.25) is 9.59 Å². The molecular formula is C25H33ClN2O3. The van der Waals surface area contributed by atoms with Crippen LogP contribution in [0.25, 0.3) is 0 Å². The monoisotopic (exact) mass is 444 g/mol. The lowest BCUT2D eigenvalue weighted by atomic mass is 10.1. The number of ether oxygens (including phenoxy) is 1. The molecule has 2 aromatic carbocycles. The molecule has 0 aliphatic rings. The van der Waals surface area contributed by atoms with Crippen LogP contribution in [0, 0.1) is 0 Å². The fourth-order valence-corrected chi connectivity index (χ4v) is 3.35. The Morgan fingerprint density at radius 3 is 2.32 bits per heavy atom. The van der Waals surface area contributed by atoms with Gasteiger partial charge in [0.05, 0.1) is 6.61 Å². The van der Waals surface area contributed by atoms with Gasteiger partial charge in [0, 0.05) is 24.0 Å². The molecule has 0 aliphatic heterocycles. The van der Waals surface area contributed by atoms with E-state index in [-0.39, 0.29) is 17.9 Å². The summed E-state index contributed by atoms with van der Waals surface area (Å²) in [4.78, 5) is 27.7. The van der Waals surface area contributed by atoms with Crippen LogP contribution in [0.1, 0.15) is 52.0 Å². The minimum Gasteiger partial charge on any atom is -0.494 e. The van der Waals surface area contributed by atoms with Gasteiger partial charge in [0.2, 0.25) is 11.8 Å². The standard InChI is InChI=1S/C25H33ClN2O3/c1-4-19(3)27-25(30)23(5-2)28(18-20-10-7-6-8-11-20)24(29)12-9-17-31-22-15-13-21(26)14-16-22/h6-8,10-11,13-16,19,23H,4-5,9,12,17-18H2,1-3H3,(H,27,30)/t19-,23-/m1/s1. The largest absolute Gasteiger partial charge is 0.494 e. The Morgan fingerprint density at radius 2 is 1.71 bits per heavy atom. The van der Waals surface area contributed by atoms with Gasteiger partial charge in [-0.2, -0.15) is 0 Å². The van der Waals surface area contributed by atoms with Crippen LogP contribution in [0.15, 0.2) is 54.6 Å². The molecule has 0 unspecified atom stereocenters. The van der Waals surface area contributed by atoms with Crippen LogP contribution >= 0.6 is 11.6 Å². The molecular weight excluding hydrogens is 412 g/mol. The molecule has 0 fully saturated rings. The van der Waals surface area contributed by atoms with E-state index in [0.29, 0.717) is 37.4 Å². The molecule has 0 aromatic heterocycles. The fraction of sp³-hybridized carbons (Fsp3) is 0.440. The van der Waals surface area contributed by atoms with Gasteiger partial charge in [-0.1, -0.05) is 55.8 Å². The summed E-state index contributed by atoms with van der Waals surface area (Å²) in [7, 11) is 0. The number of benzene rings is 2. The molecule has 5 nitrogen and oxygen atoms in total. The molecule has 0 saturated heterocycles. The molecule has 1 N–H and O–H groups in total. The van der Waals surface area contributed by atoms with E-state index in [2.05, 4.69) is 5.32 Å². The van der Waals surface area contributed by atoms with E-state index in [0.717, 1.165) is 17.7 Å². The van der Waals surface area contributed by atoms with Crippen molar-refractivity contribution >= 4 is 23.4 Å². The maximum absolute atomic E-state index is 13.1. The van der Waals surface area contributed by atoms with E-state index in [1.54, 1.807) is 29.2 Å². The van der Waals surface area contributed by atoms with Gasteiger partial charge in [-0.15, -0.1) is 0 Å². The molecule has 2 amide bonds. The van der Waals surface area contributed by atoms with Gasteiger partial charge in [0.25, 0.3) is 0 Å². The van der Waals surface area contributed by atoms with E-state index in [1.165, 1.54) is 0 Å². The molecule has 2 aromatic rings. The number of halogens is 1. The third-order valence-electron chi connectivity index (χ3n) is 5.20. The van der Waals surface area contributed by atoms with Crippen LogP contribution in [0.4, 0.5) is 0 Å². The number of nitrogens with one attached hydrogen (secondary N) is 1.